The Morgan fingerprint density at radius 1 is 1.20 bits per heavy atom. The number of anilines is 1. The molecule has 0 radical (unpaired) electrons. The van der Waals surface area contributed by atoms with E-state index < -0.39 is 0 Å². The highest BCUT2D eigenvalue weighted by atomic mass is 19.1. The maximum atomic E-state index is 12.3. The van der Waals surface area contributed by atoms with E-state index in [1.54, 1.807) is 0 Å². The largest absolute Gasteiger partial charge is 0.374 e. The number of nitrogens with zero attached hydrogens (tertiary/aromatic N) is 1. The zero-order chi connectivity index (χ0) is 11.3. The van der Waals surface area contributed by atoms with Crippen LogP contribution in [0.5, 0.6) is 0 Å². The van der Waals surface area contributed by atoms with Gasteiger partial charge in [0.25, 0.3) is 0 Å². The van der Waals surface area contributed by atoms with Crippen LogP contribution in [0.4, 0.5) is 10.1 Å². The zero-order valence-electron chi connectivity index (χ0n) is 9.83. The van der Waals surface area contributed by atoms with Gasteiger partial charge in [0.15, 0.2) is 0 Å². The first-order valence-electron chi connectivity index (χ1n) is 5.37. The minimum absolute atomic E-state index is 0.0271. The Morgan fingerprint density at radius 3 is 2.33 bits per heavy atom. The predicted molar refractivity (Wildman–Crippen MR) is 64.1 cm³/mol. The van der Waals surface area contributed by atoms with Crippen molar-refractivity contribution in [2.45, 2.75) is 20.3 Å². The smallest absolute Gasteiger partial charge is 0.0900 e. The van der Waals surface area contributed by atoms with Gasteiger partial charge >= 0.3 is 0 Å². The Labute approximate surface area is 91.9 Å². The van der Waals surface area contributed by atoms with Crippen molar-refractivity contribution < 1.29 is 4.39 Å². The molecule has 0 bridgehead atoms. The third-order valence-corrected chi connectivity index (χ3v) is 2.63. The first kappa shape index (κ1) is 12.0. The topological polar surface area (TPSA) is 3.24 Å². The van der Waals surface area contributed by atoms with E-state index in [0.717, 1.165) is 6.54 Å². The Kier molecular flexibility index (Phi) is 4.13. The number of benzene rings is 1. The summed E-state index contributed by atoms with van der Waals surface area (Å²) in [4.78, 5) is 2.18. The molecule has 0 aromatic heterocycles. The molecule has 2 heteroatoms. The van der Waals surface area contributed by atoms with Crippen LogP contribution in [0.15, 0.2) is 30.3 Å². The van der Waals surface area contributed by atoms with Crippen LogP contribution in [-0.4, -0.2) is 20.3 Å². The molecule has 0 heterocycles. The van der Waals surface area contributed by atoms with E-state index >= 15 is 0 Å². The lowest BCUT2D eigenvalue weighted by Crippen LogP contribution is -2.31. The van der Waals surface area contributed by atoms with Crippen LogP contribution in [0.3, 0.4) is 0 Å². The predicted octanol–water partition coefficient (Wildman–Crippen LogP) is 3.51. The molecule has 15 heavy (non-hydrogen) atoms. The average Bonchev–Trinajstić information content (AvgIpc) is 2.18. The zero-order valence-corrected chi connectivity index (χ0v) is 9.83. The molecule has 1 rings (SSSR count). The van der Waals surface area contributed by atoms with Gasteiger partial charge in [-0.25, -0.2) is 0 Å². The summed E-state index contributed by atoms with van der Waals surface area (Å²) in [5.41, 5.74) is 1.21. The van der Waals surface area contributed by atoms with Crippen molar-refractivity contribution in [1.29, 1.82) is 0 Å². The summed E-state index contributed by atoms with van der Waals surface area (Å²) in [7, 11) is 2.05. The summed E-state index contributed by atoms with van der Waals surface area (Å²) >= 11 is 0. The lowest BCUT2D eigenvalue weighted by atomic mass is 9.89. The van der Waals surface area contributed by atoms with Crippen molar-refractivity contribution in [2.75, 3.05) is 25.2 Å². The summed E-state index contributed by atoms with van der Waals surface area (Å²) in [5, 5.41) is 0. The number of alkyl halides is 1. The van der Waals surface area contributed by atoms with Crippen LogP contribution < -0.4 is 4.90 Å². The molecule has 0 N–H and O–H groups in total. The second-order valence-electron chi connectivity index (χ2n) is 4.79. The van der Waals surface area contributed by atoms with E-state index in [1.165, 1.54) is 5.69 Å². The number of hydrogen-bond donors (Lipinski definition) is 0. The Balaban J connectivity index is 2.59. The SMILES string of the molecule is CN(CC(C)(C)CCF)c1ccccc1. The van der Waals surface area contributed by atoms with E-state index in [-0.39, 0.29) is 12.1 Å². The van der Waals surface area contributed by atoms with E-state index in [2.05, 4.69) is 37.9 Å². The van der Waals surface area contributed by atoms with Crippen molar-refractivity contribution in [3.8, 4) is 0 Å². The molecule has 84 valence electrons. The van der Waals surface area contributed by atoms with Crippen molar-refractivity contribution in [3.05, 3.63) is 30.3 Å². The maximum absolute atomic E-state index is 12.3. The minimum atomic E-state index is -0.240. The molecule has 1 aromatic carbocycles. The average molecular weight is 209 g/mol. The molecule has 0 saturated heterocycles. The highest BCUT2D eigenvalue weighted by Crippen LogP contribution is 2.24. The van der Waals surface area contributed by atoms with Crippen LogP contribution in [0.2, 0.25) is 0 Å². The molecule has 0 atom stereocenters. The number of hydrogen-bond acceptors (Lipinski definition) is 1. The van der Waals surface area contributed by atoms with Crippen LogP contribution in [0, 0.1) is 5.41 Å². The van der Waals surface area contributed by atoms with Crippen LogP contribution in [0.1, 0.15) is 20.3 Å². The lowest BCUT2D eigenvalue weighted by Gasteiger charge is -2.30. The van der Waals surface area contributed by atoms with E-state index in [1.807, 2.05) is 18.2 Å². The molecule has 1 aromatic rings. The summed E-state index contributed by atoms with van der Waals surface area (Å²) in [5.74, 6) is 0. The van der Waals surface area contributed by atoms with Crippen molar-refractivity contribution >= 4 is 5.69 Å². The fourth-order valence-corrected chi connectivity index (χ4v) is 1.75. The molecule has 0 fully saturated rings. The number of halogens is 1. The lowest BCUT2D eigenvalue weighted by molar-refractivity contribution is 0.293. The van der Waals surface area contributed by atoms with Crippen LogP contribution in [0.25, 0.3) is 0 Å². The molecule has 0 unspecified atom stereocenters. The van der Waals surface area contributed by atoms with Crippen molar-refractivity contribution in [1.82, 2.24) is 0 Å². The van der Waals surface area contributed by atoms with Gasteiger partial charge in [0, 0.05) is 19.3 Å². The Bertz CT molecular complexity index is 282. The summed E-state index contributed by atoms with van der Waals surface area (Å²) in [6, 6.07) is 10.2. The van der Waals surface area contributed by atoms with Gasteiger partial charge < -0.3 is 4.90 Å². The third-order valence-electron chi connectivity index (χ3n) is 2.63. The highest BCUT2D eigenvalue weighted by Gasteiger charge is 2.19. The van der Waals surface area contributed by atoms with Crippen molar-refractivity contribution in [3.63, 3.8) is 0 Å². The molecule has 0 aliphatic carbocycles. The molecular formula is C13H20FN. The van der Waals surface area contributed by atoms with E-state index in [0.29, 0.717) is 6.42 Å². The second-order valence-corrected chi connectivity index (χ2v) is 4.79. The molecule has 0 aliphatic heterocycles. The molecule has 0 saturated carbocycles. The van der Waals surface area contributed by atoms with Crippen molar-refractivity contribution in [2.24, 2.45) is 5.41 Å². The van der Waals surface area contributed by atoms with Crippen LogP contribution >= 0.6 is 0 Å². The van der Waals surface area contributed by atoms with Gasteiger partial charge in [-0.05, 0) is 24.0 Å². The first-order chi connectivity index (χ1) is 7.05. The fourth-order valence-electron chi connectivity index (χ4n) is 1.75. The molecule has 1 nitrogen and oxygen atoms in total. The number of para-hydroxylation sites is 1. The standard InChI is InChI=1S/C13H20FN/c1-13(2,9-10-14)11-15(3)12-7-5-4-6-8-12/h4-8H,9-11H2,1-3H3. The monoisotopic (exact) mass is 209 g/mol. The van der Waals surface area contributed by atoms with Crippen LogP contribution in [-0.2, 0) is 0 Å². The summed E-state index contributed by atoms with van der Waals surface area (Å²) < 4.78 is 12.3. The van der Waals surface area contributed by atoms with E-state index in [9.17, 15) is 4.39 Å². The van der Waals surface area contributed by atoms with Gasteiger partial charge in [0.05, 0.1) is 6.67 Å². The first-order valence-corrected chi connectivity index (χ1v) is 5.37. The molecule has 0 spiro atoms. The highest BCUT2D eigenvalue weighted by molar-refractivity contribution is 5.45. The maximum Gasteiger partial charge on any atom is 0.0900 e. The fraction of sp³-hybridized carbons (Fsp3) is 0.538. The number of rotatable bonds is 5. The summed E-state index contributed by atoms with van der Waals surface area (Å²) in [6.07, 6.45) is 0.615. The van der Waals surface area contributed by atoms with Gasteiger partial charge in [0.1, 0.15) is 0 Å². The second kappa shape index (κ2) is 5.15. The summed E-state index contributed by atoms with van der Waals surface area (Å²) in [6.45, 7) is 4.84. The van der Waals surface area contributed by atoms with Gasteiger partial charge in [0.2, 0.25) is 0 Å². The van der Waals surface area contributed by atoms with Gasteiger partial charge in [-0.1, -0.05) is 32.0 Å². The Hall–Kier alpha value is -1.05. The van der Waals surface area contributed by atoms with Gasteiger partial charge in [-0.3, -0.25) is 4.39 Å². The third kappa shape index (κ3) is 3.90. The normalized spacial score (nSPS) is 11.5. The van der Waals surface area contributed by atoms with E-state index in [4.69, 9.17) is 0 Å². The quantitative estimate of drug-likeness (QED) is 0.717. The molecule has 0 aliphatic rings. The molecule has 0 amide bonds. The Morgan fingerprint density at radius 2 is 1.80 bits per heavy atom. The minimum Gasteiger partial charge on any atom is -0.374 e. The molecular weight excluding hydrogens is 189 g/mol. The van der Waals surface area contributed by atoms with Gasteiger partial charge in [-0.2, -0.15) is 0 Å². The van der Waals surface area contributed by atoms with Gasteiger partial charge in [-0.15, -0.1) is 0 Å².